The topological polar surface area (TPSA) is 186 Å². The molecule has 3 aromatic carbocycles. The van der Waals surface area contributed by atoms with Gasteiger partial charge < -0.3 is 53.0 Å². The molecule has 2 fully saturated rings. The lowest BCUT2D eigenvalue weighted by Gasteiger charge is -2.42. The molecule has 2 aliphatic rings. The Kier molecular flexibility index (Phi) is 32.1. The minimum Gasteiger partial charge on any atom is -0.497 e. The highest BCUT2D eigenvalue weighted by Gasteiger charge is 2.43. The summed E-state index contributed by atoms with van der Waals surface area (Å²) in [5.74, 6) is 2.91. The Labute approximate surface area is 522 Å². The van der Waals surface area contributed by atoms with Crippen LogP contribution in [0.5, 0.6) is 11.5 Å². The Morgan fingerprint density at radius 2 is 1.11 bits per heavy atom. The maximum absolute atomic E-state index is 13.9. The SMILES string of the molecule is COc1ccc(C(OC[C@@H]2C[C@@H](O)CN2C(=O)CCCCCCCCCCC(=O)CC(COCCC(=O)CCCCCC(=O)CCCCOC2OC(CO)C(C)C(C)C2C)(COC(C)C)COC(C)(C)C)(c2ccccc2)c2ccc(OC)cc2)cc1. The van der Waals surface area contributed by atoms with E-state index in [9.17, 15) is 29.4 Å². The number of ketones is 3. The Hall–Kier alpha value is -4.58. The van der Waals surface area contributed by atoms with Gasteiger partial charge in [-0.3, -0.25) is 19.2 Å². The molecule has 2 aliphatic heterocycles. The fourth-order valence-corrected chi connectivity index (χ4v) is 12.0. The summed E-state index contributed by atoms with van der Waals surface area (Å²) in [5.41, 5.74) is 0.584. The summed E-state index contributed by atoms with van der Waals surface area (Å²) in [6.45, 7) is 18.5. The van der Waals surface area contributed by atoms with Crippen molar-refractivity contribution in [2.75, 3.05) is 67.0 Å². The number of ether oxygens (including phenoxy) is 8. The minimum absolute atomic E-state index is 0.0131. The number of hydrogen-bond donors (Lipinski definition) is 2. The number of rotatable bonds is 44. The first kappa shape index (κ1) is 73.2. The molecule has 0 bridgehead atoms. The average Bonchev–Trinajstić information content (AvgIpc) is 1.21. The Balaban J connectivity index is 0.980. The molecule has 488 valence electrons. The number of hydrogen-bond acceptors (Lipinski definition) is 14. The third kappa shape index (κ3) is 24.6. The van der Waals surface area contributed by atoms with Gasteiger partial charge in [0.2, 0.25) is 5.91 Å². The van der Waals surface area contributed by atoms with Crippen molar-refractivity contribution in [3.05, 3.63) is 95.6 Å². The van der Waals surface area contributed by atoms with Crippen molar-refractivity contribution in [2.45, 2.75) is 232 Å². The van der Waals surface area contributed by atoms with Crippen molar-refractivity contribution in [1.82, 2.24) is 4.90 Å². The van der Waals surface area contributed by atoms with Gasteiger partial charge in [0.05, 0.1) is 83.8 Å². The van der Waals surface area contributed by atoms with E-state index in [1.165, 1.54) is 0 Å². The molecular formula is C72H111NO14. The maximum Gasteiger partial charge on any atom is 0.222 e. The molecule has 1 amide bonds. The molecule has 87 heavy (non-hydrogen) atoms. The van der Waals surface area contributed by atoms with E-state index >= 15 is 0 Å². The van der Waals surface area contributed by atoms with Crippen LogP contribution in [-0.2, 0) is 53.2 Å². The molecule has 15 heteroatoms. The lowest BCUT2D eigenvalue weighted by Crippen LogP contribution is -2.47. The van der Waals surface area contributed by atoms with Crippen LogP contribution in [-0.4, -0.2) is 142 Å². The first-order chi connectivity index (χ1) is 41.7. The second-order valence-electron chi connectivity index (χ2n) is 26.3. The number of benzene rings is 3. The fourth-order valence-electron chi connectivity index (χ4n) is 12.0. The zero-order valence-electron chi connectivity index (χ0n) is 54.9. The average molecular weight is 1210 g/mol. The first-order valence-electron chi connectivity index (χ1n) is 33.0. The van der Waals surface area contributed by atoms with Gasteiger partial charge in [-0.2, -0.15) is 0 Å². The highest BCUT2D eigenvalue weighted by atomic mass is 16.7. The number of β-amino-alcohol motifs (C(OH)–C–C–N with tert-alkyl or cyclic N) is 1. The molecule has 2 saturated heterocycles. The zero-order valence-corrected chi connectivity index (χ0v) is 54.9. The van der Waals surface area contributed by atoms with Gasteiger partial charge in [-0.25, -0.2) is 0 Å². The van der Waals surface area contributed by atoms with Gasteiger partial charge in [-0.05, 0) is 132 Å². The molecule has 8 atom stereocenters. The van der Waals surface area contributed by atoms with Gasteiger partial charge in [-0.15, -0.1) is 0 Å². The van der Waals surface area contributed by atoms with Gasteiger partial charge in [-0.1, -0.05) is 120 Å². The molecular weight excluding hydrogens is 1100 g/mol. The number of Topliss-reactive ketones (excluding diaryl/α,β-unsaturated/α-hetero) is 3. The third-order valence-corrected chi connectivity index (χ3v) is 17.7. The molecule has 5 rings (SSSR count). The summed E-state index contributed by atoms with van der Waals surface area (Å²) in [5, 5.41) is 20.6. The number of nitrogens with zero attached hydrogens (tertiary/aromatic N) is 1. The lowest BCUT2D eigenvalue weighted by molar-refractivity contribution is -0.254. The van der Waals surface area contributed by atoms with E-state index in [1.807, 2.05) is 106 Å². The monoisotopic (exact) mass is 1210 g/mol. The highest BCUT2D eigenvalue weighted by molar-refractivity contribution is 5.80. The van der Waals surface area contributed by atoms with Crippen molar-refractivity contribution in [1.29, 1.82) is 0 Å². The van der Waals surface area contributed by atoms with Gasteiger partial charge in [0, 0.05) is 69.4 Å². The zero-order chi connectivity index (χ0) is 63.2. The van der Waals surface area contributed by atoms with Crippen molar-refractivity contribution < 1.29 is 67.3 Å². The fraction of sp³-hybridized carbons (Fsp3) is 0.694. The number of unbranched alkanes of at least 4 members (excludes halogenated alkanes) is 10. The number of amides is 1. The second-order valence-corrected chi connectivity index (χ2v) is 26.3. The number of carbonyl (C=O) groups excluding carboxylic acids is 4. The van der Waals surface area contributed by atoms with Crippen LogP contribution in [0.4, 0.5) is 0 Å². The number of aliphatic hydroxyl groups is 2. The van der Waals surface area contributed by atoms with Crippen molar-refractivity contribution in [3.8, 4) is 11.5 Å². The molecule has 0 aromatic heterocycles. The third-order valence-electron chi connectivity index (χ3n) is 17.7. The predicted molar refractivity (Wildman–Crippen MR) is 341 cm³/mol. The standard InChI is InChI=1S/C72H111NO14/c1-53(2)84-51-71(52-86-70(6,7)8,50-82-44-42-62(76)30-23-18-22-29-61(75)31-25-26-43-83-69-56(5)54(3)55(4)67(48-74)87-69)46-63(77)32-21-15-13-11-12-14-16-24-33-68(79)73-47-64(78)45-60(73)49-85-72(57-27-19-17-20-28-57,58-34-38-65(80-9)39-35-58)59-36-40-66(81-10)41-37-59/h17,19-20,27-28,34-41,53-56,60,64,67,69,74,78H,11-16,18,21-26,29-33,42-52H2,1-10H3/t54?,55?,56?,60-,64+,67?,69?,71?/m0/s1. The number of likely N-dealkylation sites (tertiary alicyclic amines) is 1. The van der Waals surface area contributed by atoms with E-state index in [-0.39, 0.29) is 105 Å². The van der Waals surface area contributed by atoms with Crippen LogP contribution < -0.4 is 9.47 Å². The molecule has 0 radical (unpaired) electrons. The molecule has 0 saturated carbocycles. The number of aliphatic hydroxyl groups excluding tert-OH is 2. The van der Waals surface area contributed by atoms with Crippen molar-refractivity contribution in [2.24, 2.45) is 23.2 Å². The summed E-state index contributed by atoms with van der Waals surface area (Å²) in [4.78, 5) is 54.9. The molecule has 15 nitrogen and oxygen atoms in total. The molecule has 0 aliphatic carbocycles. The van der Waals surface area contributed by atoms with Crippen molar-refractivity contribution >= 4 is 23.3 Å². The van der Waals surface area contributed by atoms with Gasteiger partial charge in [0.1, 0.15) is 34.4 Å². The normalized spacial score (nSPS) is 20.6. The maximum atomic E-state index is 13.9. The summed E-state index contributed by atoms with van der Waals surface area (Å²) in [6.07, 6.45) is 13.6. The molecule has 2 N–H and O–H groups in total. The van der Waals surface area contributed by atoms with Gasteiger partial charge in [0.25, 0.3) is 0 Å². The number of carbonyl (C=O) groups is 4. The minimum atomic E-state index is -1.03. The summed E-state index contributed by atoms with van der Waals surface area (Å²) < 4.78 is 48.9. The van der Waals surface area contributed by atoms with Crippen LogP contribution >= 0.6 is 0 Å². The Morgan fingerprint density at radius 1 is 0.598 bits per heavy atom. The lowest BCUT2D eigenvalue weighted by atomic mass is 9.79. The van der Waals surface area contributed by atoms with Gasteiger partial charge in [0.15, 0.2) is 6.29 Å². The molecule has 3 aromatic rings. The van der Waals surface area contributed by atoms with Crippen LogP contribution in [0.15, 0.2) is 78.9 Å². The van der Waals surface area contributed by atoms with Crippen molar-refractivity contribution in [3.63, 3.8) is 0 Å². The van der Waals surface area contributed by atoms with E-state index < -0.39 is 22.7 Å². The van der Waals surface area contributed by atoms with E-state index in [4.69, 9.17) is 37.9 Å². The van der Waals surface area contributed by atoms with E-state index in [0.29, 0.717) is 64.3 Å². The smallest absolute Gasteiger partial charge is 0.222 e. The molecule has 2 heterocycles. The van der Waals surface area contributed by atoms with E-state index in [0.717, 1.165) is 112 Å². The van der Waals surface area contributed by atoms with E-state index in [1.54, 1.807) is 14.2 Å². The molecule has 0 spiro atoms. The largest absolute Gasteiger partial charge is 0.497 e. The van der Waals surface area contributed by atoms with Crippen LogP contribution in [0.1, 0.15) is 207 Å². The van der Waals surface area contributed by atoms with Crippen LogP contribution in [0.3, 0.4) is 0 Å². The Bertz CT molecular complexity index is 2380. The second kappa shape index (κ2) is 38.2. The summed E-state index contributed by atoms with van der Waals surface area (Å²) in [7, 11) is 3.29. The quantitative estimate of drug-likeness (QED) is 0.0402. The van der Waals surface area contributed by atoms with Crippen LogP contribution in [0.25, 0.3) is 0 Å². The van der Waals surface area contributed by atoms with Gasteiger partial charge >= 0.3 is 0 Å². The van der Waals surface area contributed by atoms with E-state index in [2.05, 4.69) is 32.9 Å². The first-order valence-corrected chi connectivity index (χ1v) is 33.0. The number of methoxy groups -OCH3 is 2. The molecule has 6 unspecified atom stereocenters. The summed E-state index contributed by atoms with van der Waals surface area (Å²) in [6, 6.07) is 25.6. The summed E-state index contributed by atoms with van der Waals surface area (Å²) >= 11 is 0. The Morgan fingerprint density at radius 3 is 1.67 bits per heavy atom. The van der Waals surface area contributed by atoms with Crippen LogP contribution in [0.2, 0.25) is 0 Å². The predicted octanol–water partition coefficient (Wildman–Crippen LogP) is 13.4. The van der Waals surface area contributed by atoms with Crippen LogP contribution in [0, 0.1) is 23.2 Å². The highest BCUT2D eigenvalue weighted by Crippen LogP contribution is 2.43.